The third kappa shape index (κ3) is 2.18. The van der Waals surface area contributed by atoms with Gasteiger partial charge in [-0.1, -0.05) is 25.1 Å². The average Bonchev–Trinajstić information content (AvgIpc) is 2.85. The van der Waals surface area contributed by atoms with Crippen molar-refractivity contribution >= 4 is 33.6 Å². The number of fused-ring (bicyclic) bond motifs is 1. The molecule has 5 heteroatoms. The van der Waals surface area contributed by atoms with Crippen LogP contribution in [0.25, 0.3) is 22.6 Å². The van der Waals surface area contributed by atoms with Gasteiger partial charge in [-0.25, -0.2) is 4.98 Å². The molecule has 0 aliphatic heterocycles. The molecule has 2 heterocycles. The number of aryl methyl sites for hydroxylation is 1. The highest BCUT2D eigenvalue weighted by Crippen LogP contribution is 2.25. The number of H-pyrrole nitrogens is 1. The first kappa shape index (κ1) is 12.4. The van der Waals surface area contributed by atoms with Crippen LogP contribution in [0.4, 0.5) is 0 Å². The van der Waals surface area contributed by atoms with Crippen LogP contribution in [0.2, 0.25) is 0 Å². The second-order valence-electron chi connectivity index (χ2n) is 4.18. The van der Waals surface area contributed by atoms with Gasteiger partial charge in [0, 0.05) is 5.39 Å². The molecule has 0 saturated carbocycles. The highest BCUT2D eigenvalue weighted by Gasteiger charge is 2.12. The lowest BCUT2D eigenvalue weighted by Gasteiger charge is -2.02. The van der Waals surface area contributed by atoms with Crippen LogP contribution in [0.15, 0.2) is 39.5 Å². The molecule has 2 aromatic heterocycles. The lowest BCUT2D eigenvalue weighted by molar-refractivity contribution is 0.623. The summed E-state index contributed by atoms with van der Waals surface area (Å²) in [6.45, 7) is 1.98. The number of benzene rings is 1. The molecule has 0 aliphatic carbocycles. The second-order valence-corrected chi connectivity index (χ2v) is 5.26. The van der Waals surface area contributed by atoms with Crippen molar-refractivity contribution in [2.45, 2.75) is 13.3 Å². The van der Waals surface area contributed by atoms with Crippen molar-refractivity contribution in [2.24, 2.45) is 0 Å². The number of rotatable bonds is 2. The van der Waals surface area contributed by atoms with Crippen molar-refractivity contribution in [1.29, 1.82) is 0 Å². The number of hydrogen-bond acceptors (Lipinski definition) is 3. The Kier molecular flexibility index (Phi) is 3.14. The Labute approximate surface area is 123 Å². The predicted octanol–water partition coefficient (Wildman–Crippen LogP) is 3.35. The number of nitrogens with one attached hydrogen (secondary N) is 1. The van der Waals surface area contributed by atoms with Gasteiger partial charge in [0.25, 0.3) is 5.56 Å². The van der Waals surface area contributed by atoms with E-state index < -0.39 is 0 Å². The third-order valence-corrected chi connectivity index (χ3v) is 4.04. The fraction of sp³-hybridized carbons (Fsp3) is 0.143. The Bertz CT molecular complexity index is 772. The molecule has 0 atom stereocenters. The van der Waals surface area contributed by atoms with E-state index in [1.54, 1.807) is 0 Å². The van der Waals surface area contributed by atoms with Crippen LogP contribution in [0, 0.1) is 3.57 Å². The molecule has 3 aromatic rings. The molecular formula is C14H11IN2O2. The number of aromatic nitrogens is 2. The quantitative estimate of drug-likeness (QED) is 0.708. The first-order valence-corrected chi connectivity index (χ1v) is 7.04. The highest BCUT2D eigenvalue weighted by molar-refractivity contribution is 14.1. The largest absolute Gasteiger partial charge is 0.453 e. The first-order valence-electron chi connectivity index (χ1n) is 5.96. The maximum atomic E-state index is 11.9. The molecule has 0 spiro atoms. The summed E-state index contributed by atoms with van der Waals surface area (Å²) >= 11 is 2.02. The Balaban J connectivity index is 2.21. The summed E-state index contributed by atoms with van der Waals surface area (Å²) in [6, 6.07) is 9.61. The maximum Gasteiger partial charge on any atom is 0.264 e. The summed E-state index contributed by atoms with van der Waals surface area (Å²) in [6.07, 6.45) is 0.718. The zero-order valence-corrected chi connectivity index (χ0v) is 12.4. The van der Waals surface area contributed by atoms with E-state index in [9.17, 15) is 4.79 Å². The van der Waals surface area contributed by atoms with E-state index in [1.807, 2.05) is 59.8 Å². The van der Waals surface area contributed by atoms with E-state index >= 15 is 0 Å². The van der Waals surface area contributed by atoms with Crippen LogP contribution in [0.3, 0.4) is 0 Å². The predicted molar refractivity (Wildman–Crippen MR) is 82.2 cm³/mol. The number of para-hydroxylation sites is 1. The third-order valence-electron chi connectivity index (χ3n) is 2.93. The maximum absolute atomic E-state index is 11.9. The molecule has 0 saturated heterocycles. The molecule has 0 unspecified atom stereocenters. The fourth-order valence-corrected chi connectivity index (χ4v) is 2.59. The summed E-state index contributed by atoms with van der Waals surface area (Å²) in [5, 5.41) is 0.997. The number of aromatic amines is 1. The summed E-state index contributed by atoms with van der Waals surface area (Å²) in [4.78, 5) is 19.1. The van der Waals surface area contributed by atoms with Crippen LogP contribution >= 0.6 is 22.6 Å². The van der Waals surface area contributed by atoms with Gasteiger partial charge in [0.05, 0.1) is 9.26 Å². The molecule has 96 valence electrons. The summed E-state index contributed by atoms with van der Waals surface area (Å²) in [5.41, 5.74) is 1.46. The lowest BCUT2D eigenvalue weighted by Crippen LogP contribution is -2.15. The Hall–Kier alpha value is -1.63. The van der Waals surface area contributed by atoms with Crippen LogP contribution in [0.5, 0.6) is 0 Å². The Morgan fingerprint density at radius 1 is 1.37 bits per heavy atom. The second kappa shape index (κ2) is 4.80. The van der Waals surface area contributed by atoms with E-state index in [4.69, 9.17) is 4.42 Å². The molecule has 1 aromatic carbocycles. The Morgan fingerprint density at radius 3 is 2.89 bits per heavy atom. The molecule has 1 N–H and O–H groups in total. The van der Waals surface area contributed by atoms with Crippen molar-refractivity contribution in [3.8, 4) is 11.6 Å². The minimum atomic E-state index is -0.122. The van der Waals surface area contributed by atoms with Gasteiger partial charge in [-0.05, 0) is 41.1 Å². The molecule has 19 heavy (non-hydrogen) atoms. The molecule has 0 radical (unpaired) electrons. The van der Waals surface area contributed by atoms with Crippen molar-refractivity contribution in [3.05, 3.63) is 49.9 Å². The minimum Gasteiger partial charge on any atom is -0.453 e. The smallest absolute Gasteiger partial charge is 0.264 e. The van der Waals surface area contributed by atoms with E-state index in [1.165, 1.54) is 0 Å². The zero-order valence-electron chi connectivity index (χ0n) is 10.2. The normalized spacial score (nSPS) is 11.1. The minimum absolute atomic E-state index is 0.122. The zero-order chi connectivity index (χ0) is 13.4. The lowest BCUT2D eigenvalue weighted by atomic mass is 10.2. The molecule has 0 aliphatic rings. The highest BCUT2D eigenvalue weighted by atomic mass is 127. The topological polar surface area (TPSA) is 58.9 Å². The molecule has 0 fully saturated rings. The van der Waals surface area contributed by atoms with Crippen LogP contribution < -0.4 is 5.56 Å². The first-order chi connectivity index (χ1) is 9.19. The molecule has 4 nitrogen and oxygen atoms in total. The van der Waals surface area contributed by atoms with Crippen molar-refractivity contribution < 1.29 is 4.42 Å². The summed E-state index contributed by atoms with van der Waals surface area (Å²) in [5.74, 6) is 1.07. The monoisotopic (exact) mass is 366 g/mol. The number of furan rings is 1. The van der Waals surface area contributed by atoms with Gasteiger partial charge < -0.3 is 9.40 Å². The number of nitrogens with zero attached hydrogens (tertiary/aromatic N) is 1. The molecular weight excluding hydrogens is 355 g/mol. The van der Waals surface area contributed by atoms with Gasteiger partial charge in [0.15, 0.2) is 11.6 Å². The van der Waals surface area contributed by atoms with Crippen molar-refractivity contribution in [3.63, 3.8) is 0 Å². The van der Waals surface area contributed by atoms with Crippen LogP contribution in [-0.2, 0) is 6.42 Å². The van der Waals surface area contributed by atoms with Crippen LogP contribution in [-0.4, -0.2) is 9.97 Å². The van der Waals surface area contributed by atoms with E-state index in [2.05, 4.69) is 9.97 Å². The van der Waals surface area contributed by atoms with Crippen LogP contribution in [0.1, 0.15) is 12.6 Å². The fourth-order valence-electron chi connectivity index (χ4n) is 1.95. The van der Waals surface area contributed by atoms with Crippen molar-refractivity contribution in [2.75, 3.05) is 0 Å². The van der Waals surface area contributed by atoms with Gasteiger partial charge in [-0.15, -0.1) is 0 Å². The SMILES string of the molecule is CCc1nc(-c2cc3ccccc3o2)[nH]c(=O)c1I. The van der Waals surface area contributed by atoms with Gasteiger partial charge in [-0.2, -0.15) is 0 Å². The average molecular weight is 366 g/mol. The van der Waals surface area contributed by atoms with Gasteiger partial charge in [-0.3, -0.25) is 4.79 Å². The van der Waals surface area contributed by atoms with E-state index in [-0.39, 0.29) is 5.56 Å². The van der Waals surface area contributed by atoms with Crippen molar-refractivity contribution in [1.82, 2.24) is 9.97 Å². The van der Waals surface area contributed by atoms with Gasteiger partial charge in [0.2, 0.25) is 0 Å². The Morgan fingerprint density at radius 2 is 2.16 bits per heavy atom. The standard InChI is InChI=1S/C14H11IN2O2/c1-2-9-12(15)14(18)17-13(16-9)11-7-8-5-3-4-6-10(8)19-11/h3-7H,2H2,1H3,(H,16,17,18). The van der Waals surface area contributed by atoms with Gasteiger partial charge >= 0.3 is 0 Å². The molecule has 0 amide bonds. The van der Waals surface area contributed by atoms with E-state index in [0.717, 1.165) is 23.1 Å². The molecule has 3 rings (SSSR count). The number of halogens is 1. The molecule has 0 bridgehead atoms. The summed E-state index contributed by atoms with van der Waals surface area (Å²) in [7, 11) is 0. The van der Waals surface area contributed by atoms with E-state index in [0.29, 0.717) is 15.2 Å². The number of hydrogen-bond donors (Lipinski definition) is 1. The van der Waals surface area contributed by atoms with Gasteiger partial charge in [0.1, 0.15) is 5.58 Å². The summed E-state index contributed by atoms with van der Waals surface area (Å²) < 4.78 is 6.35.